The number of hydrogen-bond donors (Lipinski definition) is 1. The molecule has 1 aliphatic heterocycles. The zero-order valence-electron chi connectivity index (χ0n) is 10.1. The smallest absolute Gasteiger partial charge is 0.326 e. The number of nitrogens with two attached hydrogens (primary N) is 1. The molecule has 3 unspecified atom stereocenters. The lowest BCUT2D eigenvalue weighted by molar-refractivity contribution is -0.192. The van der Waals surface area contributed by atoms with Crippen molar-refractivity contribution in [3.8, 4) is 0 Å². The zero-order valence-corrected chi connectivity index (χ0v) is 10.1. The Balaban J connectivity index is 2.86. The third-order valence-corrected chi connectivity index (χ3v) is 3.30. The van der Waals surface area contributed by atoms with E-state index < -0.39 is 18.3 Å². The van der Waals surface area contributed by atoms with Gasteiger partial charge >= 0.3 is 6.18 Å². The van der Waals surface area contributed by atoms with Crippen LogP contribution < -0.4 is 5.73 Å². The summed E-state index contributed by atoms with van der Waals surface area (Å²) in [5, 5.41) is 0. The molecule has 2 nitrogen and oxygen atoms in total. The lowest BCUT2D eigenvalue weighted by Gasteiger charge is -2.38. The number of halogens is 3. The Morgan fingerprint density at radius 2 is 1.81 bits per heavy atom. The van der Waals surface area contributed by atoms with E-state index in [2.05, 4.69) is 0 Å². The maximum Gasteiger partial charge on any atom is 0.405 e. The monoisotopic (exact) mass is 238 g/mol. The number of alkyl halides is 3. The zero-order chi connectivity index (χ0) is 12.5. The van der Waals surface area contributed by atoms with E-state index in [1.54, 1.807) is 4.90 Å². The third-order valence-electron chi connectivity index (χ3n) is 3.30. The maximum absolute atomic E-state index is 12.9. The van der Waals surface area contributed by atoms with Crippen molar-refractivity contribution in [2.75, 3.05) is 6.54 Å². The molecule has 1 saturated heterocycles. The Hall–Kier alpha value is -0.290. The summed E-state index contributed by atoms with van der Waals surface area (Å²) >= 11 is 0. The van der Waals surface area contributed by atoms with Crippen LogP contribution in [0.5, 0.6) is 0 Å². The van der Waals surface area contributed by atoms with Crippen molar-refractivity contribution in [3.63, 3.8) is 0 Å². The van der Waals surface area contributed by atoms with E-state index in [0.717, 1.165) is 12.8 Å². The van der Waals surface area contributed by atoms with Crippen LogP contribution in [0.25, 0.3) is 0 Å². The lowest BCUT2D eigenvalue weighted by atomic mass is 9.99. The fourth-order valence-corrected chi connectivity index (χ4v) is 2.66. The molecule has 0 aliphatic carbocycles. The first-order chi connectivity index (χ1) is 7.25. The molecule has 1 heterocycles. The largest absolute Gasteiger partial charge is 0.405 e. The van der Waals surface area contributed by atoms with Crippen molar-refractivity contribution in [3.05, 3.63) is 0 Å². The standard InChI is InChI=1S/C11H21F3N2/c1-7(2)9-5-4-6-16(9)10(8(3)15)11(12,13)14/h7-10H,4-6,15H2,1-3H3. The average molecular weight is 238 g/mol. The van der Waals surface area contributed by atoms with Gasteiger partial charge in [0, 0.05) is 12.1 Å². The summed E-state index contributed by atoms with van der Waals surface area (Å²) in [6, 6.07) is -2.36. The summed E-state index contributed by atoms with van der Waals surface area (Å²) in [5.41, 5.74) is 5.50. The second-order valence-electron chi connectivity index (χ2n) is 5.04. The van der Waals surface area contributed by atoms with Gasteiger partial charge in [0.05, 0.1) is 0 Å². The van der Waals surface area contributed by atoms with Crippen LogP contribution in [0.4, 0.5) is 13.2 Å². The molecule has 0 radical (unpaired) electrons. The maximum atomic E-state index is 12.9. The van der Waals surface area contributed by atoms with Gasteiger partial charge in [0.2, 0.25) is 0 Å². The summed E-state index contributed by atoms with van der Waals surface area (Å²) in [4.78, 5) is 1.55. The van der Waals surface area contributed by atoms with Gasteiger partial charge in [-0.15, -0.1) is 0 Å². The summed E-state index contributed by atoms with van der Waals surface area (Å²) in [5.74, 6) is 0.242. The van der Waals surface area contributed by atoms with Gasteiger partial charge < -0.3 is 5.73 Å². The Morgan fingerprint density at radius 3 is 2.19 bits per heavy atom. The molecule has 5 heteroatoms. The highest BCUT2D eigenvalue weighted by Crippen LogP contribution is 2.34. The van der Waals surface area contributed by atoms with Crippen LogP contribution in [-0.2, 0) is 0 Å². The fraction of sp³-hybridized carbons (Fsp3) is 1.00. The molecule has 1 aliphatic rings. The molecule has 0 aromatic carbocycles. The minimum absolute atomic E-state index is 0.0117. The third kappa shape index (κ3) is 2.88. The number of nitrogens with zero attached hydrogens (tertiary/aromatic N) is 1. The van der Waals surface area contributed by atoms with Crippen LogP contribution in [0.3, 0.4) is 0 Å². The predicted molar refractivity (Wildman–Crippen MR) is 58.1 cm³/mol. The van der Waals surface area contributed by atoms with Crippen LogP contribution in [0, 0.1) is 5.92 Å². The Labute approximate surface area is 95.0 Å². The highest BCUT2D eigenvalue weighted by molar-refractivity contribution is 4.93. The van der Waals surface area contributed by atoms with E-state index in [4.69, 9.17) is 5.73 Å². The molecule has 0 spiro atoms. The van der Waals surface area contributed by atoms with Crippen LogP contribution in [-0.4, -0.2) is 35.7 Å². The van der Waals surface area contributed by atoms with Gasteiger partial charge in [-0.3, -0.25) is 4.90 Å². The molecule has 0 saturated carbocycles. The van der Waals surface area contributed by atoms with Crippen LogP contribution in [0.2, 0.25) is 0 Å². The first kappa shape index (κ1) is 13.8. The van der Waals surface area contributed by atoms with E-state index in [0.29, 0.717) is 6.54 Å². The molecular weight excluding hydrogens is 217 g/mol. The van der Waals surface area contributed by atoms with Gasteiger partial charge in [0.25, 0.3) is 0 Å². The van der Waals surface area contributed by atoms with Gasteiger partial charge in [0.1, 0.15) is 6.04 Å². The summed E-state index contributed by atoms with van der Waals surface area (Å²) in [6.07, 6.45) is -2.55. The first-order valence-electron chi connectivity index (χ1n) is 5.83. The highest BCUT2D eigenvalue weighted by Gasteiger charge is 2.49. The lowest BCUT2D eigenvalue weighted by Crippen LogP contribution is -2.57. The summed E-state index contributed by atoms with van der Waals surface area (Å²) < 4.78 is 38.8. The Morgan fingerprint density at radius 1 is 1.25 bits per heavy atom. The highest BCUT2D eigenvalue weighted by atomic mass is 19.4. The first-order valence-corrected chi connectivity index (χ1v) is 5.83. The van der Waals surface area contributed by atoms with Gasteiger partial charge in [-0.1, -0.05) is 13.8 Å². The molecule has 2 N–H and O–H groups in total. The number of likely N-dealkylation sites (tertiary alicyclic amines) is 1. The van der Waals surface area contributed by atoms with Crippen LogP contribution >= 0.6 is 0 Å². The molecule has 16 heavy (non-hydrogen) atoms. The van der Waals surface area contributed by atoms with E-state index in [9.17, 15) is 13.2 Å². The van der Waals surface area contributed by atoms with Crippen molar-refractivity contribution in [2.24, 2.45) is 11.7 Å². The molecule has 3 atom stereocenters. The normalized spacial score (nSPS) is 27.4. The van der Waals surface area contributed by atoms with Gasteiger partial charge in [0.15, 0.2) is 0 Å². The molecule has 0 amide bonds. The molecule has 1 rings (SSSR count). The molecule has 0 aromatic rings. The van der Waals surface area contributed by atoms with E-state index in [1.165, 1.54) is 6.92 Å². The van der Waals surface area contributed by atoms with Crippen molar-refractivity contribution in [2.45, 2.75) is 57.9 Å². The Kier molecular flexibility index (Phi) is 4.23. The van der Waals surface area contributed by atoms with E-state index in [1.807, 2.05) is 13.8 Å². The number of hydrogen-bond acceptors (Lipinski definition) is 2. The van der Waals surface area contributed by atoms with Crippen molar-refractivity contribution in [1.29, 1.82) is 0 Å². The van der Waals surface area contributed by atoms with Gasteiger partial charge in [-0.25, -0.2) is 0 Å². The minimum atomic E-state index is -4.23. The van der Waals surface area contributed by atoms with Crippen LogP contribution in [0.1, 0.15) is 33.6 Å². The van der Waals surface area contributed by atoms with Gasteiger partial charge in [-0.05, 0) is 32.2 Å². The van der Waals surface area contributed by atoms with Gasteiger partial charge in [-0.2, -0.15) is 13.2 Å². The molecule has 0 aromatic heterocycles. The predicted octanol–water partition coefficient (Wildman–Crippen LogP) is 2.38. The van der Waals surface area contributed by atoms with Crippen molar-refractivity contribution < 1.29 is 13.2 Å². The van der Waals surface area contributed by atoms with Crippen LogP contribution in [0.15, 0.2) is 0 Å². The molecule has 1 fully saturated rings. The molecule has 96 valence electrons. The average Bonchev–Trinajstić information content (AvgIpc) is 2.48. The van der Waals surface area contributed by atoms with Crippen molar-refractivity contribution >= 4 is 0 Å². The fourth-order valence-electron chi connectivity index (χ4n) is 2.66. The molecular formula is C11H21F3N2. The molecule has 0 bridgehead atoms. The summed E-state index contributed by atoms with van der Waals surface area (Å²) in [6.45, 7) is 5.89. The number of rotatable bonds is 3. The topological polar surface area (TPSA) is 29.3 Å². The minimum Gasteiger partial charge on any atom is -0.326 e. The van der Waals surface area contributed by atoms with E-state index >= 15 is 0 Å². The van der Waals surface area contributed by atoms with E-state index in [-0.39, 0.29) is 12.0 Å². The SMILES string of the molecule is CC(C)C1CCCN1C(C(C)N)C(F)(F)F. The quantitative estimate of drug-likeness (QED) is 0.818. The van der Waals surface area contributed by atoms with Crippen molar-refractivity contribution in [1.82, 2.24) is 4.90 Å². The second kappa shape index (κ2) is 4.92. The second-order valence-corrected chi connectivity index (χ2v) is 5.04. The Bertz CT molecular complexity index is 226. The summed E-state index contributed by atoms with van der Waals surface area (Å²) in [7, 11) is 0.